The maximum absolute atomic E-state index is 12.4. The highest BCUT2D eigenvalue weighted by atomic mass is 16.2. The van der Waals surface area contributed by atoms with Crippen molar-refractivity contribution in [3.05, 3.63) is 29.8 Å². The van der Waals surface area contributed by atoms with Gasteiger partial charge in [-0.2, -0.15) is 0 Å². The molecule has 1 aliphatic carbocycles. The lowest BCUT2D eigenvalue weighted by Gasteiger charge is -2.29. The molecule has 1 heterocycles. The van der Waals surface area contributed by atoms with Crippen molar-refractivity contribution < 1.29 is 4.79 Å². The number of benzene rings is 1. The number of carbonyl (C=O) groups excluding carboxylic acids is 1. The van der Waals surface area contributed by atoms with Crippen molar-refractivity contribution in [2.24, 2.45) is 5.41 Å². The van der Waals surface area contributed by atoms with Gasteiger partial charge in [-0.25, -0.2) is 0 Å². The maximum Gasteiger partial charge on any atom is 0.243 e. The predicted octanol–water partition coefficient (Wildman–Crippen LogP) is 2.72. The third-order valence-corrected chi connectivity index (χ3v) is 4.66. The molecule has 2 N–H and O–H groups in total. The predicted molar refractivity (Wildman–Crippen MR) is 77.1 cm³/mol. The lowest BCUT2D eigenvalue weighted by atomic mass is 9.87. The third-order valence-electron chi connectivity index (χ3n) is 4.66. The molecule has 2 atom stereocenters. The van der Waals surface area contributed by atoms with Crippen LogP contribution in [0.15, 0.2) is 24.3 Å². The molecule has 1 aromatic rings. The van der Waals surface area contributed by atoms with Crippen molar-refractivity contribution in [3.8, 4) is 0 Å². The number of carbonyl (C=O) groups is 1. The quantitative estimate of drug-likeness (QED) is 0.856. The van der Waals surface area contributed by atoms with E-state index in [0.29, 0.717) is 6.04 Å². The van der Waals surface area contributed by atoms with E-state index in [0.717, 1.165) is 18.5 Å². The Hall–Kier alpha value is -1.51. The highest BCUT2D eigenvalue weighted by Gasteiger charge is 2.37. The number of anilines is 1. The number of para-hydroxylation sites is 1. The first-order valence-corrected chi connectivity index (χ1v) is 7.21. The summed E-state index contributed by atoms with van der Waals surface area (Å²) in [7, 11) is 0. The fourth-order valence-electron chi connectivity index (χ4n) is 3.32. The van der Waals surface area contributed by atoms with Crippen LogP contribution in [0, 0.1) is 5.41 Å². The van der Waals surface area contributed by atoms with E-state index < -0.39 is 0 Å². The SMILES string of the molecule is CC1(C)CCCC1NC(=O)[C@@H]1Cc2ccccc2N1. The van der Waals surface area contributed by atoms with Crippen LogP contribution in [-0.4, -0.2) is 18.0 Å². The fraction of sp³-hybridized carbons (Fsp3) is 0.562. The summed E-state index contributed by atoms with van der Waals surface area (Å²) in [4.78, 5) is 12.4. The normalized spacial score (nSPS) is 27.7. The van der Waals surface area contributed by atoms with Gasteiger partial charge in [-0.05, 0) is 29.9 Å². The molecule has 0 spiro atoms. The molecule has 1 saturated carbocycles. The van der Waals surface area contributed by atoms with Crippen molar-refractivity contribution in [1.82, 2.24) is 5.32 Å². The average Bonchev–Trinajstić information content (AvgIpc) is 2.93. The van der Waals surface area contributed by atoms with E-state index in [-0.39, 0.29) is 17.4 Å². The molecule has 3 rings (SSSR count). The molecule has 1 unspecified atom stereocenters. The van der Waals surface area contributed by atoms with Crippen LogP contribution in [-0.2, 0) is 11.2 Å². The number of hydrogen-bond acceptors (Lipinski definition) is 2. The molecule has 1 aromatic carbocycles. The van der Waals surface area contributed by atoms with Gasteiger partial charge in [-0.3, -0.25) is 4.79 Å². The molecule has 1 aliphatic heterocycles. The van der Waals surface area contributed by atoms with Gasteiger partial charge < -0.3 is 10.6 Å². The van der Waals surface area contributed by atoms with E-state index in [1.54, 1.807) is 0 Å². The van der Waals surface area contributed by atoms with Crippen molar-refractivity contribution >= 4 is 11.6 Å². The molecule has 3 heteroatoms. The zero-order valence-electron chi connectivity index (χ0n) is 11.7. The summed E-state index contributed by atoms with van der Waals surface area (Å²) in [6.07, 6.45) is 4.33. The lowest BCUT2D eigenvalue weighted by Crippen LogP contribution is -2.47. The van der Waals surface area contributed by atoms with Gasteiger partial charge in [0.25, 0.3) is 0 Å². The fourth-order valence-corrected chi connectivity index (χ4v) is 3.32. The number of amides is 1. The minimum absolute atomic E-state index is 0.103. The number of rotatable bonds is 2. The molecule has 0 saturated heterocycles. The Morgan fingerprint density at radius 3 is 2.84 bits per heavy atom. The highest BCUT2D eigenvalue weighted by molar-refractivity contribution is 5.87. The number of fused-ring (bicyclic) bond motifs is 1. The van der Waals surface area contributed by atoms with Crippen LogP contribution in [0.3, 0.4) is 0 Å². The van der Waals surface area contributed by atoms with Gasteiger partial charge in [-0.15, -0.1) is 0 Å². The zero-order valence-corrected chi connectivity index (χ0v) is 11.7. The molecule has 3 nitrogen and oxygen atoms in total. The minimum atomic E-state index is -0.103. The molecule has 0 aromatic heterocycles. The topological polar surface area (TPSA) is 41.1 Å². The Labute approximate surface area is 114 Å². The third kappa shape index (κ3) is 2.34. The van der Waals surface area contributed by atoms with Gasteiger partial charge in [0, 0.05) is 18.2 Å². The Bertz CT molecular complexity index is 470. The second-order valence-electron chi connectivity index (χ2n) is 6.50. The Balaban J connectivity index is 1.64. The van der Waals surface area contributed by atoms with Crippen LogP contribution in [0.4, 0.5) is 5.69 Å². The van der Waals surface area contributed by atoms with Crippen molar-refractivity contribution in [2.45, 2.75) is 51.6 Å². The number of nitrogens with one attached hydrogen (secondary N) is 2. The molecular formula is C16H22N2O. The summed E-state index contributed by atoms with van der Waals surface area (Å²) in [5.74, 6) is 0.149. The van der Waals surface area contributed by atoms with Crippen LogP contribution in [0.2, 0.25) is 0 Å². The van der Waals surface area contributed by atoms with Crippen molar-refractivity contribution in [2.75, 3.05) is 5.32 Å². The summed E-state index contributed by atoms with van der Waals surface area (Å²) < 4.78 is 0. The first-order chi connectivity index (χ1) is 9.06. The van der Waals surface area contributed by atoms with E-state index in [4.69, 9.17) is 0 Å². The monoisotopic (exact) mass is 258 g/mol. The Kier molecular flexibility index (Phi) is 3.00. The number of hydrogen-bond donors (Lipinski definition) is 2. The smallest absolute Gasteiger partial charge is 0.243 e. The van der Waals surface area contributed by atoms with E-state index in [9.17, 15) is 4.79 Å². The zero-order chi connectivity index (χ0) is 13.5. The molecule has 0 radical (unpaired) electrons. The second-order valence-corrected chi connectivity index (χ2v) is 6.50. The van der Waals surface area contributed by atoms with E-state index in [1.807, 2.05) is 18.2 Å². The van der Waals surface area contributed by atoms with Crippen LogP contribution < -0.4 is 10.6 Å². The van der Waals surface area contributed by atoms with Gasteiger partial charge in [0.05, 0.1) is 0 Å². The minimum Gasteiger partial charge on any atom is -0.373 e. The molecule has 19 heavy (non-hydrogen) atoms. The molecule has 1 fully saturated rings. The maximum atomic E-state index is 12.4. The van der Waals surface area contributed by atoms with Crippen LogP contribution in [0.5, 0.6) is 0 Å². The van der Waals surface area contributed by atoms with Crippen molar-refractivity contribution in [3.63, 3.8) is 0 Å². The van der Waals surface area contributed by atoms with E-state index in [2.05, 4.69) is 30.5 Å². The summed E-state index contributed by atoms with van der Waals surface area (Å²) in [6, 6.07) is 8.39. The van der Waals surface area contributed by atoms with Crippen LogP contribution in [0.1, 0.15) is 38.7 Å². The Morgan fingerprint density at radius 1 is 1.37 bits per heavy atom. The standard InChI is InChI=1S/C16H22N2O/c1-16(2)9-5-8-14(16)18-15(19)13-10-11-6-3-4-7-12(11)17-13/h3-4,6-7,13-14,17H,5,8-10H2,1-2H3,(H,18,19)/t13-,14?/m0/s1. The van der Waals surface area contributed by atoms with E-state index in [1.165, 1.54) is 18.4 Å². The molecule has 1 amide bonds. The van der Waals surface area contributed by atoms with Gasteiger partial charge in [0.2, 0.25) is 5.91 Å². The molecule has 2 aliphatic rings. The summed E-state index contributed by atoms with van der Waals surface area (Å²) >= 11 is 0. The molecular weight excluding hydrogens is 236 g/mol. The highest BCUT2D eigenvalue weighted by Crippen LogP contribution is 2.37. The molecule has 0 bridgehead atoms. The van der Waals surface area contributed by atoms with E-state index >= 15 is 0 Å². The van der Waals surface area contributed by atoms with Crippen molar-refractivity contribution in [1.29, 1.82) is 0 Å². The Morgan fingerprint density at radius 2 is 2.16 bits per heavy atom. The second kappa shape index (κ2) is 4.55. The van der Waals surface area contributed by atoms with Crippen LogP contribution >= 0.6 is 0 Å². The van der Waals surface area contributed by atoms with Crippen LogP contribution in [0.25, 0.3) is 0 Å². The summed E-state index contributed by atoms with van der Waals surface area (Å²) in [5, 5.41) is 6.57. The van der Waals surface area contributed by atoms with Gasteiger partial charge in [0.1, 0.15) is 6.04 Å². The largest absolute Gasteiger partial charge is 0.373 e. The van der Waals surface area contributed by atoms with Gasteiger partial charge in [-0.1, -0.05) is 38.5 Å². The summed E-state index contributed by atoms with van der Waals surface area (Å²) in [6.45, 7) is 4.50. The average molecular weight is 258 g/mol. The summed E-state index contributed by atoms with van der Waals surface area (Å²) in [5.41, 5.74) is 2.59. The first-order valence-electron chi connectivity index (χ1n) is 7.21. The van der Waals surface area contributed by atoms with Gasteiger partial charge >= 0.3 is 0 Å². The lowest BCUT2D eigenvalue weighted by molar-refractivity contribution is -0.123. The van der Waals surface area contributed by atoms with Gasteiger partial charge in [0.15, 0.2) is 0 Å². The molecule has 102 valence electrons. The first kappa shape index (κ1) is 12.5.